The third-order valence-corrected chi connectivity index (χ3v) is 2.42. The Morgan fingerprint density at radius 1 is 1.35 bits per heavy atom. The van der Waals surface area contributed by atoms with Gasteiger partial charge in [0.25, 0.3) is 0 Å². The Morgan fingerprint density at radius 3 is 2.71 bits per heavy atom. The number of aromatic nitrogens is 3. The Balaban J connectivity index is 2.46. The fourth-order valence-corrected chi connectivity index (χ4v) is 1.70. The molecule has 0 saturated heterocycles. The zero-order chi connectivity index (χ0) is 12.4. The highest BCUT2D eigenvalue weighted by molar-refractivity contribution is 5.57. The van der Waals surface area contributed by atoms with E-state index in [4.69, 9.17) is 10.5 Å². The molecule has 0 atom stereocenters. The predicted molar refractivity (Wildman–Crippen MR) is 66.4 cm³/mol. The van der Waals surface area contributed by atoms with Crippen molar-refractivity contribution in [1.29, 1.82) is 0 Å². The molecule has 0 aliphatic carbocycles. The van der Waals surface area contributed by atoms with Crippen LogP contribution < -0.4 is 10.5 Å². The number of anilines is 1. The first-order valence-corrected chi connectivity index (χ1v) is 5.54. The molecule has 0 amide bonds. The molecule has 0 saturated carbocycles. The van der Waals surface area contributed by atoms with Crippen LogP contribution in [0.3, 0.4) is 0 Å². The van der Waals surface area contributed by atoms with E-state index in [-0.39, 0.29) is 0 Å². The van der Waals surface area contributed by atoms with Crippen LogP contribution in [0, 0.1) is 13.8 Å². The van der Waals surface area contributed by atoms with Crippen molar-refractivity contribution in [2.75, 3.05) is 12.3 Å². The minimum absolute atomic E-state index is 0.586. The predicted octanol–water partition coefficient (Wildman–Crippen LogP) is 1.87. The molecule has 5 nitrogen and oxygen atoms in total. The van der Waals surface area contributed by atoms with Gasteiger partial charge in [0.05, 0.1) is 18.0 Å². The minimum Gasteiger partial charge on any atom is -0.492 e. The quantitative estimate of drug-likeness (QED) is 0.820. The first-order valence-electron chi connectivity index (χ1n) is 5.54. The molecule has 0 aliphatic rings. The van der Waals surface area contributed by atoms with Gasteiger partial charge >= 0.3 is 0 Å². The van der Waals surface area contributed by atoms with Crippen molar-refractivity contribution in [2.24, 2.45) is 0 Å². The number of hydrogen-bond acceptors (Lipinski definition) is 4. The Bertz CT molecular complexity index is 533. The van der Waals surface area contributed by atoms with E-state index in [1.807, 2.05) is 39.0 Å². The van der Waals surface area contributed by atoms with Gasteiger partial charge in [0, 0.05) is 6.07 Å². The average molecular weight is 232 g/mol. The summed E-state index contributed by atoms with van der Waals surface area (Å²) in [5.74, 6) is 2.27. The molecule has 5 heteroatoms. The molecule has 1 aromatic heterocycles. The molecular formula is C12H16N4O. The van der Waals surface area contributed by atoms with E-state index in [0.29, 0.717) is 18.0 Å². The molecule has 0 spiro atoms. The fourth-order valence-electron chi connectivity index (χ4n) is 1.70. The molecule has 1 aromatic carbocycles. The number of rotatable bonds is 3. The van der Waals surface area contributed by atoms with Gasteiger partial charge in [0.2, 0.25) is 0 Å². The fraction of sp³-hybridized carbons (Fsp3) is 0.333. The summed E-state index contributed by atoms with van der Waals surface area (Å²) in [6, 6.07) is 5.59. The van der Waals surface area contributed by atoms with Crippen molar-refractivity contribution in [3.63, 3.8) is 0 Å². The summed E-state index contributed by atoms with van der Waals surface area (Å²) in [6.45, 7) is 6.29. The van der Waals surface area contributed by atoms with Crippen molar-refractivity contribution in [2.45, 2.75) is 20.8 Å². The summed E-state index contributed by atoms with van der Waals surface area (Å²) in [5.41, 5.74) is 7.36. The Kier molecular flexibility index (Phi) is 2.99. The molecular weight excluding hydrogens is 216 g/mol. The van der Waals surface area contributed by atoms with Gasteiger partial charge in [-0.3, -0.25) is 0 Å². The lowest BCUT2D eigenvalue weighted by Crippen LogP contribution is -2.02. The maximum absolute atomic E-state index is 5.83. The Morgan fingerprint density at radius 2 is 2.12 bits per heavy atom. The van der Waals surface area contributed by atoms with Gasteiger partial charge in [-0.2, -0.15) is 5.10 Å². The molecule has 90 valence electrons. The van der Waals surface area contributed by atoms with Gasteiger partial charge in [0.1, 0.15) is 17.4 Å². The SMILES string of the molecule is CCOc1cc(-n2nc(C)nc2C)ccc1N. The largest absolute Gasteiger partial charge is 0.492 e. The van der Waals surface area contributed by atoms with E-state index in [1.54, 1.807) is 4.68 Å². The third kappa shape index (κ3) is 2.22. The number of hydrogen-bond donors (Lipinski definition) is 1. The van der Waals surface area contributed by atoms with E-state index < -0.39 is 0 Å². The maximum Gasteiger partial charge on any atom is 0.148 e. The van der Waals surface area contributed by atoms with E-state index in [2.05, 4.69) is 10.1 Å². The number of nitrogen functional groups attached to an aromatic ring is 1. The van der Waals surface area contributed by atoms with Crippen molar-refractivity contribution < 1.29 is 4.74 Å². The van der Waals surface area contributed by atoms with Crippen molar-refractivity contribution in [3.05, 3.63) is 29.8 Å². The Labute approximate surface area is 100 Å². The lowest BCUT2D eigenvalue weighted by molar-refractivity contribution is 0.342. The third-order valence-electron chi connectivity index (χ3n) is 2.42. The highest BCUT2D eigenvalue weighted by atomic mass is 16.5. The van der Waals surface area contributed by atoms with Gasteiger partial charge < -0.3 is 10.5 Å². The zero-order valence-corrected chi connectivity index (χ0v) is 10.3. The minimum atomic E-state index is 0.586. The number of nitrogens with zero attached hydrogens (tertiary/aromatic N) is 3. The van der Waals surface area contributed by atoms with E-state index in [0.717, 1.165) is 17.3 Å². The average Bonchev–Trinajstić information content (AvgIpc) is 2.61. The van der Waals surface area contributed by atoms with Crippen LogP contribution in [0.25, 0.3) is 5.69 Å². The molecule has 0 fully saturated rings. The molecule has 0 bridgehead atoms. The van der Waals surface area contributed by atoms with Crippen LogP contribution in [0.1, 0.15) is 18.6 Å². The number of nitrogens with two attached hydrogens (primary N) is 1. The molecule has 2 aromatic rings. The van der Waals surface area contributed by atoms with E-state index in [9.17, 15) is 0 Å². The van der Waals surface area contributed by atoms with Gasteiger partial charge in [0.15, 0.2) is 0 Å². The molecule has 0 radical (unpaired) electrons. The molecule has 2 rings (SSSR count). The normalized spacial score (nSPS) is 10.5. The van der Waals surface area contributed by atoms with Gasteiger partial charge in [-0.25, -0.2) is 9.67 Å². The molecule has 0 unspecified atom stereocenters. The van der Waals surface area contributed by atoms with Crippen molar-refractivity contribution >= 4 is 5.69 Å². The zero-order valence-electron chi connectivity index (χ0n) is 10.3. The summed E-state index contributed by atoms with van der Waals surface area (Å²) in [4.78, 5) is 4.27. The second kappa shape index (κ2) is 4.45. The highest BCUT2D eigenvalue weighted by Gasteiger charge is 2.08. The van der Waals surface area contributed by atoms with Crippen molar-refractivity contribution in [3.8, 4) is 11.4 Å². The summed E-state index contributed by atoms with van der Waals surface area (Å²) >= 11 is 0. The summed E-state index contributed by atoms with van der Waals surface area (Å²) < 4.78 is 7.23. The molecule has 0 aliphatic heterocycles. The summed E-state index contributed by atoms with van der Waals surface area (Å²) in [5, 5.41) is 4.32. The maximum atomic E-state index is 5.83. The van der Waals surface area contributed by atoms with Crippen LogP contribution in [-0.2, 0) is 0 Å². The first kappa shape index (κ1) is 11.4. The van der Waals surface area contributed by atoms with Crippen LogP contribution >= 0.6 is 0 Å². The van der Waals surface area contributed by atoms with Crippen LogP contribution in [0.5, 0.6) is 5.75 Å². The number of aryl methyl sites for hydroxylation is 2. The second-order valence-corrected chi connectivity index (χ2v) is 3.77. The topological polar surface area (TPSA) is 66.0 Å². The molecule has 17 heavy (non-hydrogen) atoms. The second-order valence-electron chi connectivity index (χ2n) is 3.77. The first-order chi connectivity index (χ1) is 8.11. The van der Waals surface area contributed by atoms with E-state index >= 15 is 0 Å². The van der Waals surface area contributed by atoms with E-state index in [1.165, 1.54) is 0 Å². The Hall–Kier alpha value is -2.04. The monoisotopic (exact) mass is 232 g/mol. The standard InChI is InChI=1S/C12H16N4O/c1-4-17-12-7-10(5-6-11(12)13)16-9(3)14-8(2)15-16/h5-7H,4,13H2,1-3H3. The van der Waals surface area contributed by atoms with Crippen LogP contribution in [0.4, 0.5) is 5.69 Å². The van der Waals surface area contributed by atoms with Crippen molar-refractivity contribution in [1.82, 2.24) is 14.8 Å². The smallest absolute Gasteiger partial charge is 0.148 e. The van der Waals surface area contributed by atoms with Gasteiger partial charge in [-0.05, 0) is 32.9 Å². The number of ether oxygens (including phenoxy) is 1. The lowest BCUT2D eigenvalue weighted by Gasteiger charge is -2.09. The van der Waals surface area contributed by atoms with Gasteiger partial charge in [-0.1, -0.05) is 0 Å². The molecule has 2 N–H and O–H groups in total. The van der Waals surface area contributed by atoms with Gasteiger partial charge in [-0.15, -0.1) is 0 Å². The lowest BCUT2D eigenvalue weighted by atomic mass is 10.2. The van der Waals surface area contributed by atoms with Crippen LogP contribution in [0.15, 0.2) is 18.2 Å². The number of benzene rings is 1. The summed E-state index contributed by atoms with van der Waals surface area (Å²) in [6.07, 6.45) is 0. The molecule has 1 heterocycles. The van der Waals surface area contributed by atoms with Crippen LogP contribution in [-0.4, -0.2) is 21.4 Å². The highest BCUT2D eigenvalue weighted by Crippen LogP contribution is 2.24. The van der Waals surface area contributed by atoms with Crippen LogP contribution in [0.2, 0.25) is 0 Å². The summed E-state index contributed by atoms with van der Waals surface area (Å²) in [7, 11) is 0.